The Bertz CT molecular complexity index is 534. The molecule has 0 aliphatic heterocycles. The summed E-state index contributed by atoms with van der Waals surface area (Å²) < 4.78 is 23.2. The maximum atomic E-state index is 11.6. The van der Waals surface area contributed by atoms with E-state index in [1.54, 1.807) is 0 Å². The second-order valence-corrected chi connectivity index (χ2v) is 5.46. The van der Waals surface area contributed by atoms with Gasteiger partial charge in [0.25, 0.3) is 0 Å². The van der Waals surface area contributed by atoms with E-state index in [0.29, 0.717) is 0 Å². The van der Waals surface area contributed by atoms with Crippen molar-refractivity contribution in [1.29, 1.82) is 0 Å². The highest BCUT2D eigenvalue weighted by Crippen LogP contribution is 2.21. The molecule has 1 aromatic rings. The lowest BCUT2D eigenvalue weighted by molar-refractivity contribution is 0.0697. The molecule has 86 valence electrons. The Balaban J connectivity index is 3.33. The van der Waals surface area contributed by atoms with Crippen LogP contribution in [0.25, 0.3) is 0 Å². The Morgan fingerprint density at radius 3 is 2.62 bits per heavy atom. The zero-order valence-corrected chi connectivity index (χ0v) is 9.75. The molecule has 0 radical (unpaired) electrons. The minimum absolute atomic E-state index is 0.00468. The maximum absolute atomic E-state index is 11.6. The van der Waals surface area contributed by atoms with Gasteiger partial charge in [-0.2, -0.15) is 0 Å². The van der Waals surface area contributed by atoms with Crippen LogP contribution in [0.1, 0.15) is 10.4 Å². The normalized spacial score (nSPS) is 11.1. The summed E-state index contributed by atoms with van der Waals surface area (Å²) >= 11 is 5.62. The topological polar surface area (TPSA) is 71.4 Å². The van der Waals surface area contributed by atoms with Crippen molar-refractivity contribution in [2.24, 2.45) is 0 Å². The molecular weight excluding hydrogens is 252 g/mol. The predicted molar refractivity (Wildman–Crippen MR) is 60.7 cm³/mol. The standard InChI is InChI=1S/C10H9ClO4S/c1-2-5-16(14,15)7-3-4-9(11)8(6-7)10(12)13/h2-4,6H,1,5H2,(H,12,13). The average Bonchev–Trinajstić information content (AvgIpc) is 2.17. The summed E-state index contributed by atoms with van der Waals surface area (Å²) in [6.07, 6.45) is 1.24. The third-order valence-corrected chi connectivity index (χ3v) is 3.84. The molecule has 6 heteroatoms. The molecule has 0 bridgehead atoms. The van der Waals surface area contributed by atoms with E-state index in [9.17, 15) is 13.2 Å². The molecule has 0 heterocycles. The number of carbonyl (C=O) groups is 1. The molecule has 4 nitrogen and oxygen atoms in total. The zero-order chi connectivity index (χ0) is 12.3. The molecule has 0 amide bonds. The Hall–Kier alpha value is -1.33. The van der Waals surface area contributed by atoms with E-state index in [1.165, 1.54) is 18.2 Å². The van der Waals surface area contributed by atoms with Crippen molar-refractivity contribution in [3.05, 3.63) is 41.4 Å². The Kier molecular flexibility index (Phi) is 3.72. The van der Waals surface area contributed by atoms with Crippen molar-refractivity contribution >= 4 is 27.4 Å². The molecule has 16 heavy (non-hydrogen) atoms. The molecule has 1 rings (SSSR count). The third kappa shape index (κ3) is 2.62. The Morgan fingerprint density at radius 2 is 2.12 bits per heavy atom. The van der Waals surface area contributed by atoms with Crippen LogP contribution in [0, 0.1) is 0 Å². The molecule has 0 fully saturated rings. The summed E-state index contributed by atoms with van der Waals surface area (Å²) in [5, 5.41) is 8.79. The molecule has 0 aliphatic rings. The summed E-state index contributed by atoms with van der Waals surface area (Å²) in [5.41, 5.74) is -0.230. The second-order valence-electron chi connectivity index (χ2n) is 3.02. The number of carboxylic acid groups (broad SMARTS) is 1. The van der Waals surface area contributed by atoms with Gasteiger partial charge < -0.3 is 5.11 Å². The molecule has 0 spiro atoms. The van der Waals surface area contributed by atoms with E-state index in [2.05, 4.69) is 6.58 Å². The number of hydrogen-bond acceptors (Lipinski definition) is 3. The Morgan fingerprint density at radius 1 is 1.50 bits per heavy atom. The first kappa shape index (κ1) is 12.7. The van der Waals surface area contributed by atoms with E-state index in [-0.39, 0.29) is 21.2 Å². The summed E-state index contributed by atoms with van der Waals surface area (Å²) in [6, 6.07) is 3.57. The lowest BCUT2D eigenvalue weighted by Gasteiger charge is -2.04. The fourth-order valence-corrected chi connectivity index (χ4v) is 2.39. The highest BCUT2D eigenvalue weighted by atomic mass is 35.5. The number of aromatic carboxylic acids is 1. The molecule has 0 saturated carbocycles. The summed E-state index contributed by atoms with van der Waals surface area (Å²) in [4.78, 5) is 10.7. The minimum atomic E-state index is -3.52. The monoisotopic (exact) mass is 260 g/mol. The van der Waals surface area contributed by atoms with E-state index in [4.69, 9.17) is 16.7 Å². The van der Waals surface area contributed by atoms with Crippen LogP contribution in [0.3, 0.4) is 0 Å². The van der Waals surface area contributed by atoms with Gasteiger partial charge in [0.1, 0.15) is 0 Å². The molecule has 0 saturated heterocycles. The van der Waals surface area contributed by atoms with Gasteiger partial charge in [-0.05, 0) is 18.2 Å². The van der Waals surface area contributed by atoms with Crippen LogP contribution >= 0.6 is 11.6 Å². The van der Waals surface area contributed by atoms with Crippen molar-refractivity contribution < 1.29 is 18.3 Å². The number of sulfone groups is 1. The van der Waals surface area contributed by atoms with Crippen LogP contribution in [-0.4, -0.2) is 25.2 Å². The minimum Gasteiger partial charge on any atom is -0.478 e. The highest BCUT2D eigenvalue weighted by molar-refractivity contribution is 7.91. The van der Waals surface area contributed by atoms with Crippen molar-refractivity contribution in [1.82, 2.24) is 0 Å². The van der Waals surface area contributed by atoms with Crippen molar-refractivity contribution in [3.8, 4) is 0 Å². The SMILES string of the molecule is C=CCS(=O)(=O)c1ccc(Cl)c(C(=O)O)c1. The largest absolute Gasteiger partial charge is 0.478 e. The fraction of sp³-hybridized carbons (Fsp3) is 0.100. The lowest BCUT2D eigenvalue weighted by atomic mass is 10.2. The molecular formula is C10H9ClO4S. The van der Waals surface area contributed by atoms with Gasteiger partial charge in [-0.1, -0.05) is 17.7 Å². The number of hydrogen-bond donors (Lipinski definition) is 1. The van der Waals surface area contributed by atoms with Crippen molar-refractivity contribution in [2.45, 2.75) is 4.90 Å². The zero-order valence-electron chi connectivity index (χ0n) is 8.18. The lowest BCUT2D eigenvalue weighted by Crippen LogP contribution is -2.07. The first-order chi connectivity index (χ1) is 7.38. The Labute approximate surface area is 98.1 Å². The van der Waals surface area contributed by atoms with E-state index >= 15 is 0 Å². The van der Waals surface area contributed by atoms with Crippen LogP contribution in [0.4, 0.5) is 0 Å². The summed E-state index contributed by atoms with van der Waals surface area (Å²) in [7, 11) is -3.52. The smallest absolute Gasteiger partial charge is 0.337 e. The predicted octanol–water partition coefficient (Wildman–Crippen LogP) is 2.00. The van der Waals surface area contributed by atoms with Crippen LogP contribution in [0.2, 0.25) is 5.02 Å². The van der Waals surface area contributed by atoms with Gasteiger partial charge in [-0.25, -0.2) is 13.2 Å². The molecule has 0 atom stereocenters. The second kappa shape index (κ2) is 4.67. The van der Waals surface area contributed by atoms with Gasteiger partial charge in [0.2, 0.25) is 0 Å². The quantitative estimate of drug-likeness (QED) is 0.841. The van der Waals surface area contributed by atoms with Crippen LogP contribution in [-0.2, 0) is 9.84 Å². The van der Waals surface area contributed by atoms with Gasteiger partial charge in [-0.15, -0.1) is 6.58 Å². The summed E-state index contributed by atoms with van der Waals surface area (Å²) in [6.45, 7) is 3.32. The van der Waals surface area contributed by atoms with Gasteiger partial charge in [0.05, 0.1) is 21.2 Å². The van der Waals surface area contributed by atoms with Crippen molar-refractivity contribution in [2.75, 3.05) is 5.75 Å². The fourth-order valence-electron chi connectivity index (χ4n) is 1.11. The molecule has 0 unspecified atom stereocenters. The van der Waals surface area contributed by atoms with E-state index in [0.717, 1.165) is 6.07 Å². The van der Waals surface area contributed by atoms with Gasteiger partial charge in [0, 0.05) is 0 Å². The van der Waals surface area contributed by atoms with Crippen LogP contribution in [0.5, 0.6) is 0 Å². The van der Waals surface area contributed by atoms with Crippen LogP contribution in [0.15, 0.2) is 35.7 Å². The molecule has 1 N–H and O–H groups in total. The first-order valence-electron chi connectivity index (χ1n) is 4.25. The van der Waals surface area contributed by atoms with Gasteiger partial charge >= 0.3 is 5.97 Å². The van der Waals surface area contributed by atoms with Crippen LogP contribution < -0.4 is 0 Å². The number of benzene rings is 1. The molecule has 0 aliphatic carbocycles. The average molecular weight is 261 g/mol. The van der Waals surface area contributed by atoms with E-state index in [1.807, 2.05) is 0 Å². The number of rotatable bonds is 4. The first-order valence-corrected chi connectivity index (χ1v) is 6.28. The third-order valence-electron chi connectivity index (χ3n) is 1.86. The van der Waals surface area contributed by atoms with Gasteiger partial charge in [-0.3, -0.25) is 0 Å². The molecule has 0 aromatic heterocycles. The van der Waals surface area contributed by atoms with E-state index < -0.39 is 15.8 Å². The van der Waals surface area contributed by atoms with Crippen molar-refractivity contribution in [3.63, 3.8) is 0 Å². The number of carboxylic acids is 1. The molecule has 1 aromatic carbocycles. The highest BCUT2D eigenvalue weighted by Gasteiger charge is 2.17. The summed E-state index contributed by atoms with van der Waals surface area (Å²) in [5.74, 6) is -1.51. The number of halogens is 1. The maximum Gasteiger partial charge on any atom is 0.337 e. The van der Waals surface area contributed by atoms with Gasteiger partial charge in [0.15, 0.2) is 9.84 Å².